The number of amides is 1. The molecular weight excluding hydrogens is 288 g/mol. The summed E-state index contributed by atoms with van der Waals surface area (Å²) >= 11 is 0. The Balaban J connectivity index is 1.57. The van der Waals surface area contributed by atoms with Crippen LogP contribution in [0.1, 0.15) is 22.3 Å². The molecule has 1 heterocycles. The predicted octanol–water partition coefficient (Wildman–Crippen LogP) is 2.60. The first-order chi connectivity index (χ1) is 11.3. The number of carbonyl (C=O) groups is 1. The number of morpholine rings is 1. The van der Waals surface area contributed by atoms with E-state index in [9.17, 15) is 4.79 Å². The van der Waals surface area contributed by atoms with E-state index in [0.717, 1.165) is 55.6 Å². The Hall–Kier alpha value is -1.91. The van der Waals surface area contributed by atoms with Gasteiger partial charge in [0.05, 0.1) is 13.2 Å². The maximum absolute atomic E-state index is 12.5. The first-order valence-corrected chi connectivity index (χ1v) is 8.32. The molecule has 0 unspecified atom stereocenters. The molecule has 1 fully saturated rings. The van der Waals surface area contributed by atoms with Gasteiger partial charge in [0.15, 0.2) is 0 Å². The van der Waals surface area contributed by atoms with Crippen LogP contribution in [0.15, 0.2) is 36.4 Å². The van der Waals surface area contributed by atoms with Crippen molar-refractivity contribution in [2.45, 2.75) is 13.3 Å². The molecule has 3 rings (SSSR count). The van der Waals surface area contributed by atoms with Crippen LogP contribution in [0.5, 0.6) is 0 Å². The average molecular weight is 312 g/mol. The molecule has 0 aromatic heterocycles. The van der Waals surface area contributed by atoms with Crippen molar-refractivity contribution in [3.63, 3.8) is 0 Å². The van der Waals surface area contributed by atoms with Crippen molar-refractivity contribution in [2.24, 2.45) is 0 Å². The van der Waals surface area contributed by atoms with Gasteiger partial charge in [-0.05, 0) is 42.3 Å². The molecule has 1 aliphatic rings. The minimum absolute atomic E-state index is 0.0168. The van der Waals surface area contributed by atoms with Gasteiger partial charge in [0.2, 0.25) is 0 Å². The van der Waals surface area contributed by atoms with E-state index in [2.05, 4.69) is 23.2 Å². The van der Waals surface area contributed by atoms with Crippen LogP contribution in [0.3, 0.4) is 0 Å². The SMILES string of the molecule is Cc1ccc(C(=O)NCCCN2CCOCC2)c2ccccc12. The van der Waals surface area contributed by atoms with Crippen molar-refractivity contribution in [3.05, 3.63) is 47.5 Å². The van der Waals surface area contributed by atoms with Crippen molar-refractivity contribution in [2.75, 3.05) is 39.4 Å². The summed E-state index contributed by atoms with van der Waals surface area (Å²) in [6.45, 7) is 7.43. The van der Waals surface area contributed by atoms with Crippen molar-refractivity contribution >= 4 is 16.7 Å². The Morgan fingerprint density at radius 1 is 1.13 bits per heavy atom. The third-order valence-corrected chi connectivity index (χ3v) is 4.43. The second kappa shape index (κ2) is 7.57. The molecule has 23 heavy (non-hydrogen) atoms. The van der Waals surface area contributed by atoms with Crippen LogP contribution >= 0.6 is 0 Å². The van der Waals surface area contributed by atoms with Gasteiger partial charge >= 0.3 is 0 Å². The first-order valence-electron chi connectivity index (χ1n) is 8.32. The van der Waals surface area contributed by atoms with Crippen LogP contribution in [0.25, 0.3) is 10.8 Å². The van der Waals surface area contributed by atoms with Crippen LogP contribution in [0.4, 0.5) is 0 Å². The summed E-state index contributed by atoms with van der Waals surface area (Å²) in [6, 6.07) is 12.0. The maximum Gasteiger partial charge on any atom is 0.251 e. The first kappa shape index (κ1) is 16.0. The number of carbonyl (C=O) groups excluding carboxylic acids is 1. The Bertz CT molecular complexity index is 678. The highest BCUT2D eigenvalue weighted by Crippen LogP contribution is 2.22. The molecule has 0 atom stereocenters. The zero-order valence-electron chi connectivity index (χ0n) is 13.7. The van der Waals surface area contributed by atoms with Gasteiger partial charge in [-0.2, -0.15) is 0 Å². The van der Waals surface area contributed by atoms with E-state index in [1.165, 1.54) is 5.56 Å². The highest BCUT2D eigenvalue weighted by molar-refractivity contribution is 6.07. The zero-order chi connectivity index (χ0) is 16.1. The molecule has 2 aromatic carbocycles. The van der Waals surface area contributed by atoms with Crippen LogP contribution in [0.2, 0.25) is 0 Å². The molecule has 0 bridgehead atoms. The summed E-state index contributed by atoms with van der Waals surface area (Å²) < 4.78 is 5.34. The van der Waals surface area contributed by atoms with E-state index in [1.54, 1.807) is 0 Å². The van der Waals surface area contributed by atoms with Gasteiger partial charge in [-0.1, -0.05) is 30.3 Å². The molecule has 0 spiro atoms. The molecule has 0 aliphatic carbocycles. The standard InChI is InChI=1S/C19H24N2O2/c1-15-7-8-18(17-6-3-2-5-16(15)17)19(22)20-9-4-10-21-11-13-23-14-12-21/h2-3,5-8H,4,9-14H2,1H3,(H,20,22). The number of fused-ring (bicyclic) bond motifs is 1. The molecule has 1 amide bonds. The molecule has 2 aromatic rings. The molecule has 122 valence electrons. The van der Waals surface area contributed by atoms with Gasteiger partial charge in [0, 0.05) is 25.2 Å². The molecule has 0 radical (unpaired) electrons. The lowest BCUT2D eigenvalue weighted by molar-refractivity contribution is 0.0374. The van der Waals surface area contributed by atoms with Gasteiger partial charge < -0.3 is 10.1 Å². The van der Waals surface area contributed by atoms with Crippen molar-refractivity contribution in [3.8, 4) is 0 Å². The van der Waals surface area contributed by atoms with Gasteiger partial charge in [-0.3, -0.25) is 9.69 Å². The Morgan fingerprint density at radius 2 is 1.87 bits per heavy atom. The highest BCUT2D eigenvalue weighted by Gasteiger charge is 2.12. The predicted molar refractivity (Wildman–Crippen MR) is 92.9 cm³/mol. The third-order valence-electron chi connectivity index (χ3n) is 4.43. The fourth-order valence-electron chi connectivity index (χ4n) is 3.07. The van der Waals surface area contributed by atoms with E-state index in [0.29, 0.717) is 6.54 Å². The second-order valence-corrected chi connectivity index (χ2v) is 6.04. The fourth-order valence-corrected chi connectivity index (χ4v) is 3.07. The van der Waals surface area contributed by atoms with Gasteiger partial charge in [-0.15, -0.1) is 0 Å². The summed E-state index contributed by atoms with van der Waals surface area (Å²) in [5.74, 6) is 0.0168. The summed E-state index contributed by atoms with van der Waals surface area (Å²) in [7, 11) is 0. The van der Waals surface area contributed by atoms with Gasteiger partial charge in [-0.25, -0.2) is 0 Å². The third kappa shape index (κ3) is 3.89. The van der Waals surface area contributed by atoms with E-state index in [-0.39, 0.29) is 5.91 Å². The summed E-state index contributed by atoms with van der Waals surface area (Å²) in [6.07, 6.45) is 0.968. The summed E-state index contributed by atoms with van der Waals surface area (Å²) in [5.41, 5.74) is 1.96. The average Bonchev–Trinajstić information content (AvgIpc) is 2.60. The number of nitrogens with zero attached hydrogens (tertiary/aromatic N) is 1. The second-order valence-electron chi connectivity index (χ2n) is 6.04. The Morgan fingerprint density at radius 3 is 2.65 bits per heavy atom. The van der Waals surface area contributed by atoms with Crippen LogP contribution in [-0.2, 0) is 4.74 Å². The maximum atomic E-state index is 12.5. The smallest absolute Gasteiger partial charge is 0.251 e. The summed E-state index contributed by atoms with van der Waals surface area (Å²) in [4.78, 5) is 14.9. The monoisotopic (exact) mass is 312 g/mol. The number of aryl methyl sites for hydroxylation is 1. The van der Waals surface area contributed by atoms with E-state index >= 15 is 0 Å². The fraction of sp³-hybridized carbons (Fsp3) is 0.421. The van der Waals surface area contributed by atoms with E-state index in [1.807, 2.05) is 30.3 Å². The molecule has 0 saturated carbocycles. The molecule has 4 nitrogen and oxygen atoms in total. The molecule has 4 heteroatoms. The van der Waals surface area contributed by atoms with Crippen molar-refractivity contribution in [1.82, 2.24) is 10.2 Å². The highest BCUT2D eigenvalue weighted by atomic mass is 16.5. The van der Waals surface area contributed by atoms with Crippen LogP contribution in [-0.4, -0.2) is 50.2 Å². The van der Waals surface area contributed by atoms with E-state index in [4.69, 9.17) is 4.74 Å². The van der Waals surface area contributed by atoms with Crippen LogP contribution in [0, 0.1) is 6.92 Å². The number of ether oxygens (including phenoxy) is 1. The normalized spacial score (nSPS) is 15.7. The lowest BCUT2D eigenvalue weighted by atomic mass is 10.00. The zero-order valence-corrected chi connectivity index (χ0v) is 13.7. The molecule has 1 saturated heterocycles. The van der Waals surface area contributed by atoms with Gasteiger partial charge in [0.25, 0.3) is 5.91 Å². The topological polar surface area (TPSA) is 41.6 Å². The largest absolute Gasteiger partial charge is 0.379 e. The van der Waals surface area contributed by atoms with Crippen LogP contribution < -0.4 is 5.32 Å². The van der Waals surface area contributed by atoms with Crippen molar-refractivity contribution < 1.29 is 9.53 Å². The number of hydrogen-bond acceptors (Lipinski definition) is 3. The Labute approximate surface area is 137 Å². The number of hydrogen-bond donors (Lipinski definition) is 1. The Kier molecular flexibility index (Phi) is 5.26. The van der Waals surface area contributed by atoms with E-state index < -0.39 is 0 Å². The van der Waals surface area contributed by atoms with Crippen molar-refractivity contribution in [1.29, 1.82) is 0 Å². The quantitative estimate of drug-likeness (QED) is 0.863. The lowest BCUT2D eigenvalue weighted by Crippen LogP contribution is -2.38. The number of nitrogens with one attached hydrogen (secondary N) is 1. The minimum atomic E-state index is 0.0168. The van der Waals surface area contributed by atoms with Gasteiger partial charge in [0.1, 0.15) is 0 Å². The molecule has 1 N–H and O–H groups in total. The molecular formula is C19H24N2O2. The lowest BCUT2D eigenvalue weighted by Gasteiger charge is -2.26. The minimum Gasteiger partial charge on any atom is -0.379 e. The number of rotatable bonds is 5. The summed E-state index contributed by atoms with van der Waals surface area (Å²) in [5, 5.41) is 5.23. The number of benzene rings is 2. The molecule has 1 aliphatic heterocycles.